The molecule has 0 atom stereocenters. The Morgan fingerprint density at radius 1 is 0.149 bits per heavy atom. The van der Waals surface area contributed by atoms with Gasteiger partial charge >= 0.3 is 0 Å². The van der Waals surface area contributed by atoms with Crippen LogP contribution in [0, 0.1) is 6.92 Å². The first-order valence-corrected chi connectivity index (χ1v) is 30.2. The highest BCUT2D eigenvalue weighted by atomic mass is 14.3. The number of benzene rings is 17. The minimum absolute atomic E-state index is 1.22. The molecule has 0 fully saturated rings. The second kappa shape index (κ2) is 21.8. The van der Waals surface area contributed by atoms with Crippen molar-refractivity contribution in [2.24, 2.45) is 0 Å². The third-order valence-electron chi connectivity index (χ3n) is 17.9. The minimum Gasteiger partial charge on any atom is -0.0622 e. The van der Waals surface area contributed by atoms with Crippen LogP contribution in [0.5, 0.6) is 0 Å². The Hall–Kier alpha value is -11.2. The fourth-order valence-electron chi connectivity index (χ4n) is 14.1. The van der Waals surface area contributed by atoms with Gasteiger partial charge in [-0.15, -0.1) is 0 Å². The van der Waals surface area contributed by atoms with Gasteiger partial charge in [0.2, 0.25) is 0 Å². The van der Waals surface area contributed by atoms with Crippen LogP contribution in [-0.4, -0.2) is 0 Å². The molecule has 0 heteroatoms. The molecule has 0 aliphatic rings. The van der Waals surface area contributed by atoms with Crippen LogP contribution < -0.4 is 0 Å². The number of fused-ring (bicyclic) bond motifs is 8. The van der Waals surface area contributed by atoms with Crippen molar-refractivity contribution in [3.8, 4) is 77.9 Å². The Kier molecular flexibility index (Phi) is 12.9. The molecule has 87 heavy (non-hydrogen) atoms. The Labute approximate surface area is 507 Å². The molecule has 0 saturated heterocycles. The van der Waals surface area contributed by atoms with Crippen LogP contribution in [0.2, 0.25) is 0 Å². The van der Waals surface area contributed by atoms with Crippen molar-refractivity contribution >= 4 is 86.2 Å². The van der Waals surface area contributed by atoms with E-state index >= 15 is 0 Å². The molecular formula is C87H58. The van der Waals surface area contributed by atoms with E-state index in [-0.39, 0.29) is 0 Å². The number of rotatable bonds is 7. The van der Waals surface area contributed by atoms with Gasteiger partial charge in [-0.05, 0) is 183 Å². The van der Waals surface area contributed by atoms with Crippen molar-refractivity contribution in [1.82, 2.24) is 0 Å². The quantitative estimate of drug-likeness (QED) is 0.140. The molecular weight excluding hydrogens is 1040 g/mol. The van der Waals surface area contributed by atoms with E-state index in [1.807, 2.05) is 0 Å². The highest BCUT2D eigenvalue weighted by molar-refractivity contribution is 6.31. The van der Waals surface area contributed by atoms with Crippen molar-refractivity contribution in [3.05, 3.63) is 339 Å². The summed E-state index contributed by atoms with van der Waals surface area (Å²) >= 11 is 0. The average molecular weight is 1100 g/mol. The van der Waals surface area contributed by atoms with Crippen LogP contribution in [0.3, 0.4) is 0 Å². The molecule has 0 N–H and O–H groups in total. The van der Waals surface area contributed by atoms with Gasteiger partial charge in [0.1, 0.15) is 0 Å². The van der Waals surface area contributed by atoms with Gasteiger partial charge in [0, 0.05) is 0 Å². The van der Waals surface area contributed by atoms with Crippen LogP contribution in [0.1, 0.15) is 5.56 Å². The molecule has 0 spiro atoms. The molecule has 0 aliphatic heterocycles. The molecule has 406 valence electrons. The minimum atomic E-state index is 1.22. The first kappa shape index (κ1) is 51.5. The smallest absolute Gasteiger partial charge is 0.00139 e. The average Bonchev–Trinajstić information content (AvgIpc) is 0.841. The maximum Gasteiger partial charge on any atom is -0.00139 e. The van der Waals surface area contributed by atoms with Crippen molar-refractivity contribution in [1.29, 1.82) is 0 Å². The SMILES string of the molecule is Cc1ccc2c(-c3ccc4ccccc4c3)c3ccccc3c(-c3ccc4ccccc4c3)c2c1.c1ccc(-c2ccccc2-c2c3ccccc3c(-c3c4ccccc4c(-c4ccccc4-c4ccccc4)c4ccccc34)c3ccccc23)cc1. The summed E-state index contributed by atoms with van der Waals surface area (Å²) in [6, 6.07) is 122. The number of hydrogen-bond donors (Lipinski definition) is 0. The van der Waals surface area contributed by atoms with E-state index in [2.05, 4.69) is 341 Å². The Morgan fingerprint density at radius 2 is 0.425 bits per heavy atom. The van der Waals surface area contributed by atoms with E-state index in [1.54, 1.807) is 0 Å². The molecule has 0 heterocycles. The van der Waals surface area contributed by atoms with Crippen LogP contribution in [0.25, 0.3) is 164 Å². The van der Waals surface area contributed by atoms with Crippen LogP contribution in [-0.2, 0) is 0 Å². The second-order valence-electron chi connectivity index (χ2n) is 23.0. The highest BCUT2D eigenvalue weighted by Crippen LogP contribution is 2.52. The first-order chi connectivity index (χ1) is 43.1. The summed E-state index contributed by atoms with van der Waals surface area (Å²) in [6.45, 7) is 2.19. The van der Waals surface area contributed by atoms with Crippen molar-refractivity contribution in [2.75, 3.05) is 0 Å². The fraction of sp³-hybridized carbons (Fsp3) is 0.0115. The van der Waals surface area contributed by atoms with Crippen molar-refractivity contribution < 1.29 is 0 Å². The number of hydrogen-bond acceptors (Lipinski definition) is 0. The molecule has 0 saturated carbocycles. The predicted molar refractivity (Wildman–Crippen MR) is 376 cm³/mol. The maximum atomic E-state index is 2.36. The number of aryl methyl sites for hydroxylation is 1. The Bertz CT molecular complexity index is 5200. The lowest BCUT2D eigenvalue weighted by molar-refractivity contribution is 1.51. The molecule has 17 aromatic rings. The lowest BCUT2D eigenvalue weighted by Crippen LogP contribution is -1.96. The summed E-state index contributed by atoms with van der Waals surface area (Å²) in [5.41, 5.74) is 19.0. The fourth-order valence-corrected chi connectivity index (χ4v) is 14.1. The van der Waals surface area contributed by atoms with E-state index in [1.165, 1.54) is 170 Å². The zero-order chi connectivity index (χ0) is 57.8. The van der Waals surface area contributed by atoms with Crippen molar-refractivity contribution in [2.45, 2.75) is 6.92 Å². The normalized spacial score (nSPS) is 11.5. The summed E-state index contributed by atoms with van der Waals surface area (Å²) in [5.74, 6) is 0. The van der Waals surface area contributed by atoms with Gasteiger partial charge in [-0.25, -0.2) is 0 Å². The van der Waals surface area contributed by atoms with Gasteiger partial charge in [0.25, 0.3) is 0 Å². The molecule has 17 rings (SSSR count). The van der Waals surface area contributed by atoms with Gasteiger partial charge < -0.3 is 0 Å². The Balaban J connectivity index is 0.000000152. The summed E-state index contributed by atoms with van der Waals surface area (Å²) in [7, 11) is 0. The van der Waals surface area contributed by atoms with Gasteiger partial charge in [-0.3, -0.25) is 0 Å². The van der Waals surface area contributed by atoms with E-state index in [0.29, 0.717) is 0 Å². The molecule has 0 nitrogen and oxygen atoms in total. The molecule has 0 radical (unpaired) electrons. The molecule has 17 aromatic carbocycles. The summed E-state index contributed by atoms with van der Waals surface area (Å²) in [6.07, 6.45) is 0. The largest absolute Gasteiger partial charge is 0.0622 e. The van der Waals surface area contributed by atoms with E-state index < -0.39 is 0 Å². The van der Waals surface area contributed by atoms with E-state index in [0.717, 1.165) is 0 Å². The standard InChI is InChI=1S/C52H34.C35H24/c1-3-19-35(20-4-1)37-23-7-9-25-39(37)49-41-27-11-15-31-45(41)51(46-32-16-12-28-42(46)49)52-47-33-17-13-29-43(47)50(44-30-14-18-34-48(44)52)40-26-10-8-24-38(40)36-21-5-2-6-22-36;1-23-14-19-32-33(20-23)35(29-18-16-25-9-3-5-11-27(25)22-29)31-13-7-6-12-30(31)34(32)28-17-15-24-8-2-4-10-26(24)21-28/h1-34H;2-22H,1H3. The molecule has 0 aliphatic carbocycles. The van der Waals surface area contributed by atoms with E-state index in [9.17, 15) is 0 Å². The van der Waals surface area contributed by atoms with Gasteiger partial charge in [0.15, 0.2) is 0 Å². The zero-order valence-corrected chi connectivity index (χ0v) is 48.3. The van der Waals surface area contributed by atoms with Gasteiger partial charge in [-0.2, -0.15) is 0 Å². The van der Waals surface area contributed by atoms with Gasteiger partial charge in [0.05, 0.1) is 0 Å². The predicted octanol–water partition coefficient (Wildman–Crippen LogP) is 24.6. The molecule has 0 aromatic heterocycles. The summed E-state index contributed by atoms with van der Waals surface area (Å²) in [5, 5.41) is 20.3. The first-order valence-electron chi connectivity index (χ1n) is 30.2. The highest BCUT2D eigenvalue weighted by Gasteiger charge is 2.25. The van der Waals surface area contributed by atoms with Crippen LogP contribution >= 0.6 is 0 Å². The van der Waals surface area contributed by atoms with E-state index in [4.69, 9.17) is 0 Å². The monoisotopic (exact) mass is 1100 g/mol. The molecule has 0 unspecified atom stereocenters. The molecule has 0 amide bonds. The van der Waals surface area contributed by atoms with Crippen LogP contribution in [0.4, 0.5) is 0 Å². The summed E-state index contributed by atoms with van der Waals surface area (Å²) < 4.78 is 0. The maximum absolute atomic E-state index is 2.36. The Morgan fingerprint density at radius 3 is 0.805 bits per heavy atom. The topological polar surface area (TPSA) is 0 Å². The zero-order valence-electron chi connectivity index (χ0n) is 48.3. The summed E-state index contributed by atoms with van der Waals surface area (Å²) in [4.78, 5) is 0. The molecule has 0 bridgehead atoms. The third-order valence-corrected chi connectivity index (χ3v) is 17.9. The lowest BCUT2D eigenvalue weighted by Gasteiger charge is -2.23. The lowest BCUT2D eigenvalue weighted by atomic mass is 9.79. The van der Waals surface area contributed by atoms with Crippen molar-refractivity contribution in [3.63, 3.8) is 0 Å². The van der Waals surface area contributed by atoms with Gasteiger partial charge in [-0.1, -0.05) is 327 Å². The second-order valence-corrected chi connectivity index (χ2v) is 23.0. The van der Waals surface area contributed by atoms with Crippen LogP contribution in [0.15, 0.2) is 334 Å². The third kappa shape index (κ3) is 8.93.